The first-order valence-corrected chi connectivity index (χ1v) is 11.1. The molecule has 4 rings (SSSR count). The van der Waals surface area contributed by atoms with Crippen molar-refractivity contribution in [2.45, 2.75) is 25.4 Å². The van der Waals surface area contributed by atoms with E-state index in [1.165, 1.54) is 0 Å². The van der Waals surface area contributed by atoms with Crippen molar-refractivity contribution in [3.8, 4) is 0 Å². The molecule has 0 radical (unpaired) electrons. The minimum atomic E-state index is -0.202. The summed E-state index contributed by atoms with van der Waals surface area (Å²) >= 11 is 6.14. The van der Waals surface area contributed by atoms with Crippen LogP contribution in [-0.4, -0.2) is 24.1 Å². The number of aldehydes is 1. The Morgan fingerprint density at radius 3 is 2.24 bits per heavy atom. The van der Waals surface area contributed by atoms with Crippen LogP contribution in [0, 0.1) is 0 Å². The van der Waals surface area contributed by atoms with E-state index in [1.807, 2.05) is 36.4 Å². The van der Waals surface area contributed by atoms with Crippen molar-refractivity contribution in [2.75, 3.05) is 0 Å². The van der Waals surface area contributed by atoms with Crippen LogP contribution in [0.5, 0.6) is 0 Å². The molecule has 1 aliphatic carbocycles. The molecule has 6 heteroatoms. The average molecular weight is 459 g/mol. The van der Waals surface area contributed by atoms with Gasteiger partial charge in [0.2, 0.25) is 0 Å². The fourth-order valence-electron chi connectivity index (χ4n) is 3.32. The predicted molar refractivity (Wildman–Crippen MR) is 130 cm³/mol. The normalized spacial score (nSPS) is 13.3. The third kappa shape index (κ3) is 6.18. The third-order valence-electron chi connectivity index (χ3n) is 5.35. The van der Waals surface area contributed by atoms with Crippen molar-refractivity contribution in [3.63, 3.8) is 0 Å². The fourth-order valence-corrected chi connectivity index (χ4v) is 3.51. The standard InChI is InChI=1S/C27H23ClN2O3/c28-23-3-1-2-22(15-23)25(27(33)30-24-12-13-24)14-18-8-10-21(11-9-18)26(32)29-16-19-4-6-20(17-31)7-5-19/h1-11,14-15,17,24H,12-13,16H2,(H,29,32)(H,30,33)/b25-14+. The van der Waals surface area contributed by atoms with Crippen LogP contribution in [0.3, 0.4) is 0 Å². The molecule has 166 valence electrons. The molecule has 0 heterocycles. The maximum absolute atomic E-state index is 12.8. The maximum Gasteiger partial charge on any atom is 0.252 e. The Kier molecular flexibility index (Phi) is 7.01. The molecule has 0 spiro atoms. The highest BCUT2D eigenvalue weighted by molar-refractivity contribution is 6.31. The SMILES string of the molecule is O=Cc1ccc(CNC(=O)c2ccc(/C=C(/C(=O)NC3CC3)c3cccc(Cl)c3)cc2)cc1. The average Bonchev–Trinajstić information content (AvgIpc) is 3.65. The largest absolute Gasteiger partial charge is 0.349 e. The zero-order valence-electron chi connectivity index (χ0n) is 17.9. The summed E-state index contributed by atoms with van der Waals surface area (Å²) in [4.78, 5) is 36.1. The van der Waals surface area contributed by atoms with E-state index in [4.69, 9.17) is 11.6 Å². The van der Waals surface area contributed by atoms with E-state index < -0.39 is 0 Å². The van der Waals surface area contributed by atoms with E-state index >= 15 is 0 Å². The van der Waals surface area contributed by atoms with Crippen LogP contribution in [-0.2, 0) is 11.3 Å². The Hall–Kier alpha value is -3.70. The Labute approximate surface area is 197 Å². The first-order chi connectivity index (χ1) is 16.0. The summed E-state index contributed by atoms with van der Waals surface area (Å²) in [5.74, 6) is -0.339. The molecule has 2 N–H and O–H groups in total. The van der Waals surface area contributed by atoms with Crippen molar-refractivity contribution in [1.82, 2.24) is 10.6 Å². The van der Waals surface area contributed by atoms with E-state index in [0.29, 0.717) is 28.3 Å². The summed E-state index contributed by atoms with van der Waals surface area (Å²) in [6.07, 6.45) is 4.59. The number of halogens is 1. The lowest BCUT2D eigenvalue weighted by Crippen LogP contribution is -2.26. The van der Waals surface area contributed by atoms with Crippen LogP contribution in [0.4, 0.5) is 0 Å². The van der Waals surface area contributed by atoms with Crippen LogP contribution in [0.15, 0.2) is 72.8 Å². The topological polar surface area (TPSA) is 75.3 Å². The molecule has 3 aromatic rings. The second-order valence-electron chi connectivity index (χ2n) is 7.98. The summed E-state index contributed by atoms with van der Waals surface area (Å²) in [7, 11) is 0. The number of rotatable bonds is 8. The zero-order valence-corrected chi connectivity index (χ0v) is 18.6. The molecule has 0 aliphatic heterocycles. The van der Waals surface area contributed by atoms with Gasteiger partial charge in [0.25, 0.3) is 11.8 Å². The smallest absolute Gasteiger partial charge is 0.252 e. The Balaban J connectivity index is 1.47. The van der Waals surface area contributed by atoms with E-state index in [-0.39, 0.29) is 17.9 Å². The molecule has 3 aromatic carbocycles. The van der Waals surface area contributed by atoms with Crippen molar-refractivity contribution < 1.29 is 14.4 Å². The Morgan fingerprint density at radius 1 is 0.909 bits per heavy atom. The molecule has 0 saturated heterocycles. The molecule has 1 aliphatic rings. The van der Waals surface area contributed by atoms with Crippen LogP contribution >= 0.6 is 11.6 Å². The van der Waals surface area contributed by atoms with Crippen LogP contribution < -0.4 is 10.6 Å². The van der Waals surface area contributed by atoms with Gasteiger partial charge in [0.1, 0.15) is 6.29 Å². The van der Waals surface area contributed by atoms with E-state index in [9.17, 15) is 14.4 Å². The summed E-state index contributed by atoms with van der Waals surface area (Å²) in [5.41, 5.74) is 4.08. The van der Waals surface area contributed by atoms with Crippen LogP contribution in [0.2, 0.25) is 5.02 Å². The van der Waals surface area contributed by atoms with Gasteiger partial charge in [-0.2, -0.15) is 0 Å². The van der Waals surface area contributed by atoms with Gasteiger partial charge in [0.05, 0.1) is 0 Å². The van der Waals surface area contributed by atoms with Gasteiger partial charge in [-0.1, -0.05) is 60.1 Å². The lowest BCUT2D eigenvalue weighted by molar-refractivity contribution is -0.115. The molecule has 1 fully saturated rings. The molecule has 1 saturated carbocycles. The Bertz CT molecular complexity index is 1200. The van der Waals surface area contributed by atoms with Gasteiger partial charge >= 0.3 is 0 Å². The van der Waals surface area contributed by atoms with E-state index in [0.717, 1.165) is 35.8 Å². The maximum atomic E-state index is 12.8. The lowest BCUT2D eigenvalue weighted by atomic mass is 10.0. The highest BCUT2D eigenvalue weighted by Crippen LogP contribution is 2.25. The number of amides is 2. The first kappa shape index (κ1) is 22.5. The molecule has 0 unspecified atom stereocenters. The molecular formula is C27H23ClN2O3. The summed E-state index contributed by atoms with van der Waals surface area (Å²) < 4.78 is 0. The second-order valence-corrected chi connectivity index (χ2v) is 8.42. The molecule has 0 atom stereocenters. The van der Waals surface area contributed by atoms with E-state index in [1.54, 1.807) is 42.5 Å². The van der Waals surface area contributed by atoms with Gasteiger partial charge in [-0.15, -0.1) is 0 Å². The number of hydrogen-bond acceptors (Lipinski definition) is 3. The van der Waals surface area contributed by atoms with Gasteiger partial charge in [-0.05, 0) is 59.9 Å². The number of benzene rings is 3. The Morgan fingerprint density at radius 2 is 1.61 bits per heavy atom. The minimum absolute atomic E-state index is 0.137. The number of hydrogen-bond donors (Lipinski definition) is 2. The highest BCUT2D eigenvalue weighted by atomic mass is 35.5. The second kappa shape index (κ2) is 10.3. The van der Waals surface area contributed by atoms with Gasteiger partial charge in [-0.25, -0.2) is 0 Å². The number of carbonyl (C=O) groups excluding carboxylic acids is 3. The van der Waals surface area contributed by atoms with Gasteiger partial charge in [0.15, 0.2) is 0 Å². The van der Waals surface area contributed by atoms with Crippen LogP contribution in [0.1, 0.15) is 50.2 Å². The van der Waals surface area contributed by atoms with Gasteiger partial charge < -0.3 is 10.6 Å². The molecule has 0 aromatic heterocycles. The number of nitrogens with one attached hydrogen (secondary N) is 2. The summed E-state index contributed by atoms with van der Waals surface area (Å²) in [6.45, 7) is 0.361. The first-order valence-electron chi connectivity index (χ1n) is 10.7. The molecule has 2 amide bonds. The molecular weight excluding hydrogens is 436 g/mol. The van der Waals surface area contributed by atoms with Crippen molar-refractivity contribution in [2.24, 2.45) is 0 Å². The molecule has 5 nitrogen and oxygen atoms in total. The zero-order chi connectivity index (χ0) is 23.2. The van der Waals surface area contributed by atoms with Gasteiger partial charge in [0, 0.05) is 34.3 Å². The summed E-state index contributed by atoms with van der Waals surface area (Å²) in [6, 6.07) is 21.6. The van der Waals surface area contributed by atoms with E-state index in [2.05, 4.69) is 10.6 Å². The van der Waals surface area contributed by atoms with Crippen molar-refractivity contribution >= 4 is 41.4 Å². The molecule has 33 heavy (non-hydrogen) atoms. The van der Waals surface area contributed by atoms with Gasteiger partial charge in [-0.3, -0.25) is 14.4 Å². The third-order valence-corrected chi connectivity index (χ3v) is 5.58. The molecule has 0 bridgehead atoms. The monoisotopic (exact) mass is 458 g/mol. The van der Waals surface area contributed by atoms with Crippen molar-refractivity contribution in [1.29, 1.82) is 0 Å². The quantitative estimate of drug-likeness (QED) is 0.286. The minimum Gasteiger partial charge on any atom is -0.349 e. The summed E-state index contributed by atoms with van der Waals surface area (Å²) in [5, 5.41) is 6.46. The van der Waals surface area contributed by atoms with Crippen LogP contribution in [0.25, 0.3) is 11.6 Å². The predicted octanol–water partition coefficient (Wildman–Crippen LogP) is 4.90. The van der Waals surface area contributed by atoms with Crippen molar-refractivity contribution in [3.05, 3.63) is 106 Å². The highest BCUT2D eigenvalue weighted by Gasteiger charge is 2.25. The number of carbonyl (C=O) groups is 3. The lowest BCUT2D eigenvalue weighted by Gasteiger charge is -2.10. The fraction of sp³-hybridized carbons (Fsp3) is 0.148.